The standard InChI is InChI=1S/C27H22ClN7O3/c1-3-23-31-15-32-25(35-23)18-7-5-13-30-26(18)38-22-11-9-19(17-6-4-12-29-24(17)22)33-27(36)34-20-14-16(28)8-10-21(20)37-2/h4-15H,3H2,1-2H3,(H2,33,34,36). The number of methoxy groups -OCH3 is 1. The number of hydrogen-bond donors (Lipinski definition) is 2. The topological polar surface area (TPSA) is 124 Å². The normalized spacial score (nSPS) is 10.7. The molecule has 5 aromatic rings. The molecule has 0 aliphatic carbocycles. The summed E-state index contributed by atoms with van der Waals surface area (Å²) in [6.45, 7) is 1.97. The van der Waals surface area contributed by atoms with Crippen LogP contribution in [0.1, 0.15) is 12.7 Å². The predicted octanol–water partition coefficient (Wildman–Crippen LogP) is 6.14. The van der Waals surface area contributed by atoms with Crippen LogP contribution < -0.4 is 20.1 Å². The first-order valence-electron chi connectivity index (χ1n) is 11.7. The second-order valence-corrected chi connectivity index (χ2v) is 8.41. The fourth-order valence-corrected chi connectivity index (χ4v) is 3.94. The minimum atomic E-state index is -0.474. The SMILES string of the molecule is CCc1ncnc(-c2cccnc2Oc2ccc(NC(=O)Nc3cc(Cl)ccc3OC)c3cccnc23)n1. The van der Waals surface area contributed by atoms with Gasteiger partial charge in [0.2, 0.25) is 5.88 Å². The Morgan fingerprint density at radius 3 is 2.55 bits per heavy atom. The number of anilines is 2. The minimum absolute atomic E-state index is 0.319. The van der Waals surface area contributed by atoms with Crippen LogP contribution >= 0.6 is 11.6 Å². The smallest absolute Gasteiger partial charge is 0.323 e. The zero-order valence-electron chi connectivity index (χ0n) is 20.5. The Morgan fingerprint density at radius 1 is 0.921 bits per heavy atom. The maximum atomic E-state index is 12.8. The van der Waals surface area contributed by atoms with Gasteiger partial charge in [0, 0.05) is 29.2 Å². The lowest BCUT2D eigenvalue weighted by Crippen LogP contribution is -2.20. The Bertz CT molecular complexity index is 1630. The maximum Gasteiger partial charge on any atom is 0.323 e. The van der Waals surface area contributed by atoms with E-state index < -0.39 is 6.03 Å². The van der Waals surface area contributed by atoms with Gasteiger partial charge in [-0.25, -0.2) is 24.7 Å². The molecule has 3 aromatic heterocycles. The molecular weight excluding hydrogens is 506 g/mol. The molecule has 2 N–H and O–H groups in total. The lowest BCUT2D eigenvalue weighted by atomic mass is 10.1. The molecule has 2 amide bonds. The van der Waals surface area contributed by atoms with Crippen LogP contribution in [0.3, 0.4) is 0 Å². The summed E-state index contributed by atoms with van der Waals surface area (Å²) in [5.74, 6) is 2.38. The van der Waals surface area contributed by atoms with Gasteiger partial charge in [0.15, 0.2) is 11.6 Å². The molecule has 5 rings (SSSR count). The molecule has 3 heterocycles. The summed E-state index contributed by atoms with van der Waals surface area (Å²) in [5, 5.41) is 6.76. The Labute approximate surface area is 223 Å². The van der Waals surface area contributed by atoms with Crippen LogP contribution in [0.2, 0.25) is 5.02 Å². The summed E-state index contributed by atoms with van der Waals surface area (Å²) >= 11 is 6.08. The largest absolute Gasteiger partial charge is 0.495 e. The molecule has 0 aliphatic heterocycles. The van der Waals surface area contributed by atoms with Gasteiger partial charge in [0.1, 0.15) is 23.4 Å². The van der Waals surface area contributed by atoms with Crippen molar-refractivity contribution >= 4 is 39.9 Å². The van der Waals surface area contributed by atoms with Crippen molar-refractivity contribution in [3.63, 3.8) is 0 Å². The molecule has 0 aliphatic rings. The number of amides is 2. The third-order valence-electron chi connectivity index (χ3n) is 5.55. The van der Waals surface area contributed by atoms with Gasteiger partial charge in [-0.2, -0.15) is 0 Å². The molecule has 10 nitrogen and oxygen atoms in total. The van der Waals surface area contributed by atoms with Crippen LogP contribution in [-0.2, 0) is 6.42 Å². The Hall–Kier alpha value is -4.83. The quantitative estimate of drug-likeness (QED) is 0.258. The van der Waals surface area contributed by atoms with E-state index in [1.54, 1.807) is 54.9 Å². The molecule has 0 spiro atoms. The summed E-state index contributed by atoms with van der Waals surface area (Å²) in [4.78, 5) is 34.7. The highest BCUT2D eigenvalue weighted by Gasteiger charge is 2.16. The molecule has 11 heteroatoms. The van der Waals surface area contributed by atoms with Crippen molar-refractivity contribution in [1.29, 1.82) is 0 Å². The highest BCUT2D eigenvalue weighted by atomic mass is 35.5. The van der Waals surface area contributed by atoms with Crippen LogP contribution in [0, 0.1) is 0 Å². The van der Waals surface area contributed by atoms with Crippen molar-refractivity contribution in [3.8, 4) is 28.8 Å². The van der Waals surface area contributed by atoms with Crippen LogP contribution in [-0.4, -0.2) is 38.1 Å². The van der Waals surface area contributed by atoms with Crippen molar-refractivity contribution in [3.05, 3.63) is 84.2 Å². The van der Waals surface area contributed by atoms with Gasteiger partial charge < -0.3 is 20.1 Å². The number of nitrogens with one attached hydrogen (secondary N) is 2. The van der Waals surface area contributed by atoms with Gasteiger partial charge in [-0.15, -0.1) is 0 Å². The summed E-state index contributed by atoms with van der Waals surface area (Å²) < 4.78 is 11.5. The van der Waals surface area contributed by atoms with Gasteiger partial charge in [0.05, 0.1) is 24.0 Å². The highest BCUT2D eigenvalue weighted by molar-refractivity contribution is 6.31. The number of benzene rings is 2. The van der Waals surface area contributed by atoms with E-state index in [0.717, 1.165) is 0 Å². The zero-order chi connectivity index (χ0) is 26.5. The van der Waals surface area contributed by atoms with Crippen molar-refractivity contribution < 1.29 is 14.3 Å². The van der Waals surface area contributed by atoms with Crippen LogP contribution in [0.4, 0.5) is 16.2 Å². The molecule has 0 atom stereocenters. The van der Waals surface area contributed by atoms with Gasteiger partial charge >= 0.3 is 6.03 Å². The van der Waals surface area contributed by atoms with Crippen molar-refractivity contribution in [2.45, 2.75) is 13.3 Å². The number of rotatable bonds is 7. The van der Waals surface area contributed by atoms with E-state index in [1.165, 1.54) is 13.4 Å². The lowest BCUT2D eigenvalue weighted by molar-refractivity contribution is 0.262. The summed E-state index contributed by atoms with van der Waals surface area (Å²) in [5.41, 5.74) is 2.12. The maximum absolute atomic E-state index is 12.8. The number of aromatic nitrogens is 5. The molecule has 0 bridgehead atoms. The number of nitrogens with zero attached hydrogens (tertiary/aromatic N) is 5. The van der Waals surface area contributed by atoms with E-state index in [0.29, 0.717) is 68.3 Å². The van der Waals surface area contributed by atoms with Crippen LogP contribution in [0.5, 0.6) is 17.4 Å². The first-order chi connectivity index (χ1) is 18.6. The molecule has 0 radical (unpaired) electrons. The second kappa shape index (κ2) is 11.1. The monoisotopic (exact) mass is 527 g/mol. The van der Waals surface area contributed by atoms with Gasteiger partial charge in [-0.05, 0) is 54.6 Å². The molecule has 38 heavy (non-hydrogen) atoms. The molecule has 0 unspecified atom stereocenters. The van der Waals surface area contributed by atoms with Crippen LogP contribution in [0.15, 0.2) is 73.3 Å². The average molecular weight is 528 g/mol. The number of carbonyl (C=O) groups is 1. The zero-order valence-corrected chi connectivity index (χ0v) is 21.2. The third kappa shape index (κ3) is 5.30. The highest BCUT2D eigenvalue weighted by Crippen LogP contribution is 2.35. The minimum Gasteiger partial charge on any atom is -0.495 e. The molecule has 0 fully saturated rings. The van der Waals surface area contributed by atoms with Crippen molar-refractivity contribution in [1.82, 2.24) is 24.9 Å². The molecular formula is C27H22ClN7O3. The number of aryl methyl sites for hydroxylation is 1. The summed E-state index contributed by atoms with van der Waals surface area (Å²) in [7, 11) is 1.51. The number of pyridine rings is 2. The summed E-state index contributed by atoms with van der Waals surface area (Å²) in [6.07, 6.45) is 5.42. The number of halogens is 1. The molecule has 0 saturated heterocycles. The summed E-state index contributed by atoms with van der Waals surface area (Å²) in [6, 6.07) is 15.2. The van der Waals surface area contributed by atoms with E-state index in [9.17, 15) is 4.79 Å². The Morgan fingerprint density at radius 2 is 1.71 bits per heavy atom. The van der Waals surface area contributed by atoms with Gasteiger partial charge in [-0.3, -0.25) is 4.98 Å². The number of urea groups is 1. The van der Waals surface area contributed by atoms with E-state index in [-0.39, 0.29) is 0 Å². The van der Waals surface area contributed by atoms with E-state index in [2.05, 4.69) is 35.6 Å². The van der Waals surface area contributed by atoms with Gasteiger partial charge in [0.25, 0.3) is 0 Å². The number of carbonyl (C=O) groups excluding carboxylic acids is 1. The first kappa shape index (κ1) is 24.8. The molecule has 2 aromatic carbocycles. The van der Waals surface area contributed by atoms with Crippen molar-refractivity contribution in [2.24, 2.45) is 0 Å². The van der Waals surface area contributed by atoms with E-state index in [1.807, 2.05) is 19.1 Å². The fraction of sp³-hybridized carbons (Fsp3) is 0.111. The Kier molecular flexibility index (Phi) is 7.23. The second-order valence-electron chi connectivity index (χ2n) is 7.97. The fourth-order valence-electron chi connectivity index (χ4n) is 3.77. The third-order valence-corrected chi connectivity index (χ3v) is 5.78. The average Bonchev–Trinajstić information content (AvgIpc) is 2.95. The van der Waals surface area contributed by atoms with E-state index in [4.69, 9.17) is 21.1 Å². The lowest BCUT2D eigenvalue weighted by Gasteiger charge is -2.15. The number of fused-ring (bicyclic) bond motifs is 1. The van der Waals surface area contributed by atoms with Gasteiger partial charge in [-0.1, -0.05) is 18.5 Å². The van der Waals surface area contributed by atoms with Crippen LogP contribution in [0.25, 0.3) is 22.3 Å². The number of hydrogen-bond acceptors (Lipinski definition) is 8. The van der Waals surface area contributed by atoms with Crippen molar-refractivity contribution in [2.75, 3.05) is 17.7 Å². The Balaban J connectivity index is 1.44. The first-order valence-corrected chi connectivity index (χ1v) is 12.0. The molecule has 190 valence electrons. The molecule has 0 saturated carbocycles. The predicted molar refractivity (Wildman–Crippen MR) is 145 cm³/mol. The number of ether oxygens (including phenoxy) is 2. The van der Waals surface area contributed by atoms with E-state index >= 15 is 0 Å².